The molecular weight excluding hydrogens is 348 g/mol. The fourth-order valence-corrected chi connectivity index (χ4v) is 3.93. The van der Waals surface area contributed by atoms with Crippen molar-refractivity contribution in [1.82, 2.24) is 10.2 Å². The van der Waals surface area contributed by atoms with Crippen LogP contribution in [0.3, 0.4) is 0 Å². The SMILES string of the molecule is CC1CCCC(C)N1C(=O)c1ccc(CNC(=O)CCc2ccccc2)cc1. The maximum absolute atomic E-state index is 12.9. The Balaban J connectivity index is 1.50. The molecule has 0 spiro atoms. The summed E-state index contributed by atoms with van der Waals surface area (Å²) in [6.07, 6.45) is 4.55. The second-order valence-corrected chi connectivity index (χ2v) is 7.80. The lowest BCUT2D eigenvalue weighted by Gasteiger charge is -2.39. The zero-order valence-corrected chi connectivity index (χ0v) is 16.9. The van der Waals surface area contributed by atoms with E-state index in [2.05, 4.69) is 19.2 Å². The molecule has 1 saturated heterocycles. The summed E-state index contributed by atoms with van der Waals surface area (Å²) < 4.78 is 0. The minimum absolute atomic E-state index is 0.0416. The highest BCUT2D eigenvalue weighted by atomic mass is 16.2. The molecule has 3 rings (SSSR count). The summed E-state index contributed by atoms with van der Waals surface area (Å²) in [6.45, 7) is 4.75. The predicted octanol–water partition coefficient (Wildman–Crippen LogP) is 4.34. The molecule has 1 N–H and O–H groups in total. The van der Waals surface area contributed by atoms with Crippen molar-refractivity contribution in [2.45, 2.75) is 64.6 Å². The van der Waals surface area contributed by atoms with Crippen molar-refractivity contribution in [2.24, 2.45) is 0 Å². The molecule has 4 nitrogen and oxygen atoms in total. The van der Waals surface area contributed by atoms with Crippen LogP contribution in [-0.4, -0.2) is 28.8 Å². The highest BCUT2D eigenvalue weighted by Crippen LogP contribution is 2.24. The summed E-state index contributed by atoms with van der Waals surface area (Å²) in [5.74, 6) is 0.151. The molecule has 2 aromatic carbocycles. The Morgan fingerprint density at radius 2 is 1.57 bits per heavy atom. The van der Waals surface area contributed by atoms with Crippen molar-refractivity contribution in [3.63, 3.8) is 0 Å². The monoisotopic (exact) mass is 378 g/mol. The van der Waals surface area contributed by atoms with Gasteiger partial charge < -0.3 is 10.2 Å². The van der Waals surface area contributed by atoms with Gasteiger partial charge in [0.05, 0.1) is 0 Å². The minimum Gasteiger partial charge on any atom is -0.352 e. The molecule has 0 aromatic heterocycles. The second kappa shape index (κ2) is 9.54. The van der Waals surface area contributed by atoms with Crippen LogP contribution < -0.4 is 5.32 Å². The molecule has 28 heavy (non-hydrogen) atoms. The summed E-state index contributed by atoms with van der Waals surface area (Å²) in [5.41, 5.74) is 2.89. The van der Waals surface area contributed by atoms with Gasteiger partial charge in [-0.15, -0.1) is 0 Å². The van der Waals surface area contributed by atoms with Crippen molar-refractivity contribution in [3.05, 3.63) is 71.3 Å². The van der Waals surface area contributed by atoms with Gasteiger partial charge in [-0.3, -0.25) is 9.59 Å². The molecule has 1 aliphatic rings. The van der Waals surface area contributed by atoms with Crippen molar-refractivity contribution < 1.29 is 9.59 Å². The van der Waals surface area contributed by atoms with E-state index in [0.717, 1.165) is 30.4 Å². The van der Waals surface area contributed by atoms with Crippen LogP contribution in [0.15, 0.2) is 54.6 Å². The van der Waals surface area contributed by atoms with E-state index < -0.39 is 0 Å². The molecule has 2 unspecified atom stereocenters. The van der Waals surface area contributed by atoms with E-state index in [9.17, 15) is 9.59 Å². The highest BCUT2D eigenvalue weighted by molar-refractivity contribution is 5.94. The number of piperidine rings is 1. The number of likely N-dealkylation sites (tertiary alicyclic amines) is 1. The molecule has 0 radical (unpaired) electrons. The number of amides is 2. The smallest absolute Gasteiger partial charge is 0.254 e. The number of hydrogen-bond donors (Lipinski definition) is 1. The van der Waals surface area contributed by atoms with Gasteiger partial charge in [0.25, 0.3) is 5.91 Å². The van der Waals surface area contributed by atoms with E-state index in [-0.39, 0.29) is 11.8 Å². The number of nitrogens with one attached hydrogen (secondary N) is 1. The molecule has 2 aromatic rings. The zero-order chi connectivity index (χ0) is 19.9. The fraction of sp³-hybridized carbons (Fsp3) is 0.417. The first-order valence-corrected chi connectivity index (χ1v) is 10.3. The minimum atomic E-state index is 0.0416. The molecule has 1 heterocycles. The number of nitrogens with zero attached hydrogens (tertiary/aromatic N) is 1. The molecule has 2 atom stereocenters. The van der Waals surface area contributed by atoms with E-state index >= 15 is 0 Å². The highest BCUT2D eigenvalue weighted by Gasteiger charge is 2.29. The largest absolute Gasteiger partial charge is 0.352 e. The van der Waals surface area contributed by atoms with E-state index in [1.54, 1.807) is 0 Å². The average molecular weight is 379 g/mol. The van der Waals surface area contributed by atoms with Crippen LogP contribution in [0, 0.1) is 0 Å². The van der Waals surface area contributed by atoms with Gasteiger partial charge in [0.1, 0.15) is 0 Å². The summed E-state index contributed by atoms with van der Waals surface area (Å²) in [5, 5.41) is 2.96. The Bertz CT molecular complexity index is 776. The number of aryl methyl sites for hydroxylation is 1. The molecule has 0 bridgehead atoms. The number of benzene rings is 2. The standard InChI is InChI=1S/C24H30N2O2/c1-18-7-6-8-19(2)26(18)24(28)22-14-11-21(12-15-22)17-25-23(27)16-13-20-9-4-3-5-10-20/h3-5,9-12,14-15,18-19H,6-8,13,16-17H2,1-2H3,(H,25,27). The van der Waals surface area contributed by atoms with Crippen LogP contribution in [0.1, 0.15) is 61.0 Å². The van der Waals surface area contributed by atoms with Crippen molar-refractivity contribution in [1.29, 1.82) is 0 Å². The maximum Gasteiger partial charge on any atom is 0.254 e. The van der Waals surface area contributed by atoms with E-state index in [0.29, 0.717) is 25.0 Å². The zero-order valence-electron chi connectivity index (χ0n) is 16.9. The third-order valence-electron chi connectivity index (χ3n) is 5.60. The normalized spacial score (nSPS) is 19.3. The first-order valence-electron chi connectivity index (χ1n) is 10.3. The van der Waals surface area contributed by atoms with Crippen LogP contribution in [0.25, 0.3) is 0 Å². The topological polar surface area (TPSA) is 49.4 Å². The second-order valence-electron chi connectivity index (χ2n) is 7.80. The lowest BCUT2D eigenvalue weighted by atomic mass is 9.96. The van der Waals surface area contributed by atoms with Gasteiger partial charge in [-0.05, 0) is 62.8 Å². The third kappa shape index (κ3) is 5.22. The molecular formula is C24H30N2O2. The average Bonchev–Trinajstić information content (AvgIpc) is 2.71. The Labute approximate surface area is 167 Å². The molecule has 0 aliphatic carbocycles. The van der Waals surface area contributed by atoms with E-state index in [4.69, 9.17) is 0 Å². The molecule has 148 valence electrons. The number of rotatable bonds is 6. The molecule has 1 fully saturated rings. The Kier molecular flexibility index (Phi) is 6.85. The van der Waals surface area contributed by atoms with Crippen molar-refractivity contribution in [2.75, 3.05) is 0 Å². The van der Waals surface area contributed by atoms with Gasteiger partial charge in [-0.1, -0.05) is 42.5 Å². The van der Waals surface area contributed by atoms with Crippen LogP contribution in [0.2, 0.25) is 0 Å². The Hall–Kier alpha value is -2.62. The van der Waals surface area contributed by atoms with Crippen LogP contribution in [-0.2, 0) is 17.8 Å². The molecule has 4 heteroatoms. The number of hydrogen-bond acceptors (Lipinski definition) is 2. The lowest BCUT2D eigenvalue weighted by Crippen LogP contribution is -2.47. The van der Waals surface area contributed by atoms with Gasteiger partial charge >= 0.3 is 0 Å². The van der Waals surface area contributed by atoms with Gasteiger partial charge in [0.2, 0.25) is 5.91 Å². The summed E-state index contributed by atoms with van der Waals surface area (Å²) >= 11 is 0. The van der Waals surface area contributed by atoms with Crippen molar-refractivity contribution in [3.8, 4) is 0 Å². The number of carbonyl (C=O) groups is 2. The van der Waals surface area contributed by atoms with Crippen molar-refractivity contribution >= 4 is 11.8 Å². The van der Waals surface area contributed by atoms with Gasteiger partial charge in [-0.2, -0.15) is 0 Å². The summed E-state index contributed by atoms with van der Waals surface area (Å²) in [4.78, 5) is 27.0. The van der Waals surface area contributed by atoms with Crippen LogP contribution in [0.5, 0.6) is 0 Å². The summed E-state index contributed by atoms with van der Waals surface area (Å²) in [7, 11) is 0. The lowest BCUT2D eigenvalue weighted by molar-refractivity contribution is -0.121. The Morgan fingerprint density at radius 3 is 2.21 bits per heavy atom. The van der Waals surface area contributed by atoms with Crippen LogP contribution in [0.4, 0.5) is 0 Å². The molecule has 2 amide bonds. The summed E-state index contributed by atoms with van der Waals surface area (Å²) in [6, 6.07) is 18.2. The third-order valence-corrected chi connectivity index (χ3v) is 5.60. The first-order chi connectivity index (χ1) is 13.5. The molecule has 1 aliphatic heterocycles. The predicted molar refractivity (Wildman–Crippen MR) is 112 cm³/mol. The van der Waals surface area contributed by atoms with E-state index in [1.807, 2.05) is 59.5 Å². The van der Waals surface area contributed by atoms with Gasteiger partial charge in [-0.25, -0.2) is 0 Å². The quantitative estimate of drug-likeness (QED) is 0.813. The Morgan fingerprint density at radius 1 is 0.929 bits per heavy atom. The molecule has 0 saturated carbocycles. The van der Waals surface area contributed by atoms with E-state index in [1.165, 1.54) is 12.0 Å². The number of carbonyl (C=O) groups excluding carboxylic acids is 2. The van der Waals surface area contributed by atoms with Crippen LogP contribution >= 0.6 is 0 Å². The van der Waals surface area contributed by atoms with Gasteiger partial charge in [0.15, 0.2) is 0 Å². The first kappa shape index (κ1) is 20.1. The van der Waals surface area contributed by atoms with Gasteiger partial charge in [0, 0.05) is 30.6 Å². The fourth-order valence-electron chi connectivity index (χ4n) is 3.93. The maximum atomic E-state index is 12.9.